The van der Waals surface area contributed by atoms with Crippen LogP contribution in [0.5, 0.6) is 0 Å². The van der Waals surface area contributed by atoms with E-state index in [9.17, 15) is 8.42 Å². The molecule has 9 heteroatoms. The molecule has 0 bridgehead atoms. The number of rotatable bonds is 7. The predicted molar refractivity (Wildman–Crippen MR) is 155 cm³/mol. The van der Waals surface area contributed by atoms with E-state index in [0.29, 0.717) is 23.7 Å². The quantitative estimate of drug-likeness (QED) is 0.249. The molecule has 0 aliphatic heterocycles. The number of fused-ring (bicyclic) bond motifs is 1. The van der Waals surface area contributed by atoms with Crippen LogP contribution >= 0.6 is 11.6 Å². The van der Waals surface area contributed by atoms with Gasteiger partial charge < -0.3 is 11.1 Å². The minimum atomic E-state index is -3.81. The standard InChI is InChI=1S/C29H32ClN5O2S/c1-3-19-15-20(16-21-17-32-29(34-28(19)21)33-23-10-8-22(31)9-11-23)25-13-12-24(14-18(25)2)35-38(36,37)27-7-5-4-6-26(27)30/h4-7,12-17,22-23,35H,3,8-11,31H2,1-2H3,(H,32,33,34). The maximum absolute atomic E-state index is 12.9. The highest BCUT2D eigenvalue weighted by atomic mass is 35.5. The first kappa shape index (κ1) is 26.4. The van der Waals surface area contributed by atoms with Gasteiger partial charge in [0, 0.05) is 29.4 Å². The van der Waals surface area contributed by atoms with E-state index in [1.54, 1.807) is 24.3 Å². The predicted octanol–water partition coefficient (Wildman–Crippen LogP) is 6.30. The zero-order chi connectivity index (χ0) is 26.9. The Morgan fingerprint density at radius 3 is 2.53 bits per heavy atom. The fraction of sp³-hybridized carbons (Fsp3) is 0.310. The molecule has 1 fully saturated rings. The lowest BCUT2D eigenvalue weighted by Crippen LogP contribution is -2.33. The van der Waals surface area contributed by atoms with Crippen molar-refractivity contribution in [3.8, 4) is 11.1 Å². The summed E-state index contributed by atoms with van der Waals surface area (Å²) in [6.07, 6.45) is 6.82. The SMILES string of the molecule is CCc1cc(-c2ccc(NS(=O)(=O)c3ccccc3Cl)cc2C)cc2cnc(NC3CCC(N)CC3)nc12. The van der Waals surface area contributed by atoms with E-state index in [-0.39, 0.29) is 9.92 Å². The molecule has 4 N–H and O–H groups in total. The molecule has 5 rings (SSSR count). The second-order valence-electron chi connectivity index (χ2n) is 9.94. The number of sulfonamides is 1. The average molecular weight is 550 g/mol. The maximum Gasteiger partial charge on any atom is 0.263 e. The number of halogens is 1. The Labute approximate surface area is 228 Å². The highest BCUT2D eigenvalue weighted by Crippen LogP contribution is 2.32. The topological polar surface area (TPSA) is 110 Å². The zero-order valence-electron chi connectivity index (χ0n) is 21.5. The first-order valence-corrected chi connectivity index (χ1v) is 14.8. The Balaban J connectivity index is 1.41. The molecule has 0 atom stereocenters. The number of aryl methyl sites for hydroxylation is 2. The summed E-state index contributed by atoms with van der Waals surface area (Å²) in [5.74, 6) is 0.659. The van der Waals surface area contributed by atoms with Crippen molar-refractivity contribution < 1.29 is 8.42 Å². The van der Waals surface area contributed by atoms with Gasteiger partial charge in [-0.05, 0) is 97.7 Å². The van der Waals surface area contributed by atoms with Gasteiger partial charge in [-0.2, -0.15) is 0 Å². The molecule has 3 aromatic carbocycles. The summed E-state index contributed by atoms with van der Waals surface area (Å²) in [6.45, 7) is 4.09. The number of nitrogens with one attached hydrogen (secondary N) is 2. The van der Waals surface area contributed by atoms with Crippen LogP contribution in [0.15, 0.2) is 65.7 Å². The van der Waals surface area contributed by atoms with E-state index >= 15 is 0 Å². The molecule has 0 spiro atoms. The lowest BCUT2D eigenvalue weighted by Gasteiger charge is -2.26. The fourth-order valence-corrected chi connectivity index (χ4v) is 6.65. The number of hydrogen-bond donors (Lipinski definition) is 3. The van der Waals surface area contributed by atoms with Crippen LogP contribution in [0.2, 0.25) is 5.02 Å². The summed E-state index contributed by atoms with van der Waals surface area (Å²) < 4.78 is 28.4. The first-order valence-electron chi connectivity index (χ1n) is 12.9. The maximum atomic E-state index is 12.9. The monoisotopic (exact) mass is 549 g/mol. The van der Waals surface area contributed by atoms with Gasteiger partial charge in [0.2, 0.25) is 5.95 Å². The molecule has 0 radical (unpaired) electrons. The van der Waals surface area contributed by atoms with Crippen molar-refractivity contribution in [3.05, 3.63) is 76.9 Å². The minimum Gasteiger partial charge on any atom is -0.351 e. The smallest absolute Gasteiger partial charge is 0.263 e. The molecule has 1 aliphatic rings. The lowest BCUT2D eigenvalue weighted by atomic mass is 9.92. The molecule has 1 saturated carbocycles. The molecule has 7 nitrogen and oxygen atoms in total. The van der Waals surface area contributed by atoms with Crippen molar-refractivity contribution in [2.24, 2.45) is 5.73 Å². The lowest BCUT2D eigenvalue weighted by molar-refractivity contribution is 0.410. The molecule has 38 heavy (non-hydrogen) atoms. The van der Waals surface area contributed by atoms with E-state index in [1.165, 1.54) is 6.07 Å². The van der Waals surface area contributed by atoms with Gasteiger partial charge in [-0.15, -0.1) is 0 Å². The summed E-state index contributed by atoms with van der Waals surface area (Å²) in [7, 11) is -3.81. The zero-order valence-corrected chi connectivity index (χ0v) is 23.1. The number of aromatic nitrogens is 2. The van der Waals surface area contributed by atoms with E-state index in [0.717, 1.165) is 65.3 Å². The second kappa shape index (κ2) is 10.9. The van der Waals surface area contributed by atoms with Crippen LogP contribution in [0, 0.1) is 6.92 Å². The average Bonchev–Trinajstić information content (AvgIpc) is 2.89. The van der Waals surface area contributed by atoms with Crippen molar-refractivity contribution in [2.75, 3.05) is 10.0 Å². The second-order valence-corrected chi connectivity index (χ2v) is 12.0. The van der Waals surface area contributed by atoms with Crippen LogP contribution in [0.1, 0.15) is 43.7 Å². The molecule has 0 unspecified atom stereocenters. The Hall–Kier alpha value is -3.20. The fourth-order valence-electron chi connectivity index (χ4n) is 5.08. The summed E-state index contributed by atoms with van der Waals surface area (Å²) in [6, 6.07) is 16.8. The molecule has 198 valence electrons. The highest BCUT2D eigenvalue weighted by Gasteiger charge is 2.20. The molecule has 1 aromatic heterocycles. The number of benzene rings is 3. The van der Waals surface area contributed by atoms with Gasteiger partial charge in [0.15, 0.2) is 0 Å². The van der Waals surface area contributed by atoms with Gasteiger partial charge in [-0.3, -0.25) is 4.72 Å². The number of hydrogen-bond acceptors (Lipinski definition) is 6. The summed E-state index contributed by atoms with van der Waals surface area (Å²) in [4.78, 5) is 9.52. The summed E-state index contributed by atoms with van der Waals surface area (Å²) >= 11 is 6.11. The Kier molecular flexibility index (Phi) is 7.56. The van der Waals surface area contributed by atoms with Crippen molar-refractivity contribution in [2.45, 2.75) is 62.9 Å². The largest absolute Gasteiger partial charge is 0.351 e. The third kappa shape index (κ3) is 5.62. The van der Waals surface area contributed by atoms with Crippen LogP contribution in [0.3, 0.4) is 0 Å². The minimum absolute atomic E-state index is 0.0476. The summed E-state index contributed by atoms with van der Waals surface area (Å²) in [5, 5.41) is 4.65. The van der Waals surface area contributed by atoms with E-state index in [1.807, 2.05) is 25.3 Å². The van der Waals surface area contributed by atoms with Crippen molar-refractivity contribution in [3.63, 3.8) is 0 Å². The molecule has 4 aromatic rings. The third-order valence-corrected chi connectivity index (χ3v) is 9.04. The van der Waals surface area contributed by atoms with E-state index in [4.69, 9.17) is 22.3 Å². The highest BCUT2D eigenvalue weighted by molar-refractivity contribution is 7.92. The van der Waals surface area contributed by atoms with Gasteiger partial charge in [-0.25, -0.2) is 18.4 Å². The van der Waals surface area contributed by atoms with Crippen LogP contribution < -0.4 is 15.8 Å². The van der Waals surface area contributed by atoms with Gasteiger partial charge in [0.05, 0.1) is 10.5 Å². The van der Waals surface area contributed by atoms with Gasteiger partial charge >= 0.3 is 0 Å². The molecular weight excluding hydrogens is 518 g/mol. The van der Waals surface area contributed by atoms with Crippen molar-refractivity contribution in [1.82, 2.24) is 9.97 Å². The van der Waals surface area contributed by atoms with Gasteiger partial charge in [0.1, 0.15) is 4.90 Å². The Bertz CT molecular complexity index is 1580. The van der Waals surface area contributed by atoms with Crippen LogP contribution in [-0.2, 0) is 16.4 Å². The molecule has 0 saturated heterocycles. The Morgan fingerprint density at radius 2 is 1.82 bits per heavy atom. The van der Waals surface area contributed by atoms with Gasteiger partial charge in [-0.1, -0.05) is 36.7 Å². The molecule has 1 heterocycles. The van der Waals surface area contributed by atoms with Crippen LogP contribution in [0.4, 0.5) is 11.6 Å². The number of nitrogens with zero attached hydrogens (tertiary/aromatic N) is 2. The number of anilines is 2. The first-order chi connectivity index (χ1) is 18.2. The summed E-state index contributed by atoms with van der Waals surface area (Å²) in [5.41, 5.74) is 11.6. The van der Waals surface area contributed by atoms with Gasteiger partial charge in [0.25, 0.3) is 10.0 Å². The van der Waals surface area contributed by atoms with E-state index in [2.05, 4.69) is 34.1 Å². The number of nitrogens with two attached hydrogens (primary N) is 1. The third-order valence-electron chi connectivity index (χ3n) is 7.16. The molecule has 0 amide bonds. The molecule has 1 aliphatic carbocycles. The van der Waals surface area contributed by atoms with Crippen LogP contribution in [0.25, 0.3) is 22.0 Å². The van der Waals surface area contributed by atoms with E-state index < -0.39 is 10.0 Å². The van der Waals surface area contributed by atoms with Crippen molar-refractivity contribution in [1.29, 1.82) is 0 Å². The van der Waals surface area contributed by atoms with Crippen molar-refractivity contribution >= 4 is 44.2 Å². The Morgan fingerprint density at radius 1 is 1.05 bits per heavy atom. The van der Waals surface area contributed by atoms with Crippen LogP contribution in [-0.4, -0.2) is 30.5 Å². The molecular formula is C29H32ClN5O2S. The normalized spacial score (nSPS) is 17.9.